The molecule has 0 fully saturated rings. The van der Waals surface area contributed by atoms with Crippen LogP contribution in [0.1, 0.15) is 10.4 Å². The Bertz CT molecular complexity index is 772. The first-order valence-corrected chi connectivity index (χ1v) is 6.66. The quantitative estimate of drug-likeness (QED) is 0.756. The van der Waals surface area contributed by atoms with Crippen LogP contribution in [0.15, 0.2) is 47.4 Å². The number of ketones is 1. The van der Waals surface area contributed by atoms with Gasteiger partial charge in [-0.1, -0.05) is 12.1 Å². The highest BCUT2D eigenvalue weighted by molar-refractivity contribution is 6.14. The van der Waals surface area contributed by atoms with Crippen molar-refractivity contribution in [2.75, 3.05) is 14.2 Å². The molecule has 0 radical (unpaired) electrons. The topological polar surface area (TPSA) is 88.1 Å². The number of rotatable bonds is 2. The average Bonchev–Trinajstić information content (AvgIpc) is 2.59. The van der Waals surface area contributed by atoms with Crippen LogP contribution in [0.4, 0.5) is 0 Å². The zero-order valence-corrected chi connectivity index (χ0v) is 12.3. The number of carbonyl (C=O) groups excluding carboxylic acids is 3. The lowest BCUT2D eigenvalue weighted by atomic mass is 9.90. The van der Waals surface area contributed by atoms with Gasteiger partial charge in [0.05, 0.1) is 25.4 Å². The van der Waals surface area contributed by atoms with Crippen LogP contribution < -0.4 is 4.74 Å². The van der Waals surface area contributed by atoms with Crippen LogP contribution in [0.5, 0.6) is 5.75 Å². The fourth-order valence-electron chi connectivity index (χ4n) is 2.42. The molecule has 0 N–H and O–H groups in total. The normalized spacial score (nSPS) is 18.8. The van der Waals surface area contributed by atoms with Crippen LogP contribution >= 0.6 is 0 Å². The van der Waals surface area contributed by atoms with Crippen LogP contribution in [0.3, 0.4) is 0 Å². The van der Waals surface area contributed by atoms with Crippen molar-refractivity contribution < 1.29 is 33.3 Å². The lowest BCUT2D eigenvalue weighted by Gasteiger charge is -2.31. The number of hydrogen-bond donors (Lipinski definition) is 0. The maximum absolute atomic E-state index is 12.5. The third-order valence-electron chi connectivity index (χ3n) is 3.51. The van der Waals surface area contributed by atoms with Crippen LogP contribution in [0, 0.1) is 0 Å². The van der Waals surface area contributed by atoms with Gasteiger partial charge in [-0.25, -0.2) is 9.59 Å². The Morgan fingerprint density at radius 3 is 2.48 bits per heavy atom. The number of esters is 2. The summed E-state index contributed by atoms with van der Waals surface area (Å²) >= 11 is 0. The van der Waals surface area contributed by atoms with Crippen LogP contribution in [0.25, 0.3) is 0 Å². The summed E-state index contributed by atoms with van der Waals surface area (Å²) in [5.41, 5.74) is 0.251. The summed E-state index contributed by atoms with van der Waals surface area (Å²) in [5.74, 6) is -2.10. The molecule has 0 saturated carbocycles. The highest BCUT2D eigenvalue weighted by Gasteiger charge is 2.44. The molecule has 0 saturated heterocycles. The largest absolute Gasteiger partial charge is 0.480 e. The number of fused-ring (bicyclic) bond motifs is 2. The Kier molecular flexibility index (Phi) is 3.61. The van der Waals surface area contributed by atoms with Crippen LogP contribution in [-0.2, 0) is 23.8 Å². The van der Waals surface area contributed by atoms with Crippen molar-refractivity contribution in [2.45, 2.75) is 6.10 Å². The Balaban J connectivity index is 2.14. The zero-order chi connectivity index (χ0) is 16.6. The Labute approximate surface area is 131 Å². The first-order chi connectivity index (χ1) is 11.1. The van der Waals surface area contributed by atoms with Gasteiger partial charge in [0.15, 0.2) is 11.9 Å². The Morgan fingerprint density at radius 1 is 1.09 bits per heavy atom. The number of carbonyl (C=O) groups is 3. The predicted octanol–water partition coefficient (Wildman–Crippen LogP) is 1.14. The molecule has 2 aliphatic rings. The van der Waals surface area contributed by atoms with Crippen molar-refractivity contribution in [3.05, 3.63) is 53.0 Å². The van der Waals surface area contributed by atoms with Gasteiger partial charge in [0.25, 0.3) is 0 Å². The van der Waals surface area contributed by atoms with Gasteiger partial charge in [-0.15, -0.1) is 0 Å². The smallest absolute Gasteiger partial charge is 0.374 e. The molecule has 1 unspecified atom stereocenters. The van der Waals surface area contributed by atoms with Gasteiger partial charge in [0.1, 0.15) is 17.6 Å². The highest BCUT2D eigenvalue weighted by Crippen LogP contribution is 2.37. The highest BCUT2D eigenvalue weighted by atomic mass is 16.6. The molecule has 1 aromatic rings. The number of ether oxygens (including phenoxy) is 4. The molecule has 2 aliphatic heterocycles. The standard InChI is InChI=1S/C16H12O7/c1-20-15(18)11-13-9(7-22-14(11)16(19)21-2)12(17)8-5-3-4-6-10(8)23-13/h3-7,13H,1-2H3. The van der Waals surface area contributed by atoms with Crippen LogP contribution in [-0.4, -0.2) is 38.0 Å². The van der Waals surface area contributed by atoms with E-state index in [0.29, 0.717) is 11.3 Å². The van der Waals surface area contributed by atoms with E-state index in [9.17, 15) is 14.4 Å². The molecule has 3 rings (SSSR count). The van der Waals surface area contributed by atoms with Gasteiger partial charge in [0.2, 0.25) is 5.76 Å². The van der Waals surface area contributed by atoms with Gasteiger partial charge < -0.3 is 18.9 Å². The van der Waals surface area contributed by atoms with E-state index in [1.807, 2.05) is 0 Å². The molecular weight excluding hydrogens is 304 g/mol. The summed E-state index contributed by atoms with van der Waals surface area (Å²) in [6.07, 6.45) is 0.00875. The monoisotopic (exact) mass is 316 g/mol. The summed E-state index contributed by atoms with van der Waals surface area (Å²) in [7, 11) is 2.30. The zero-order valence-electron chi connectivity index (χ0n) is 12.3. The minimum Gasteiger partial charge on any atom is -0.480 e. The second kappa shape index (κ2) is 5.60. The van der Waals surface area contributed by atoms with E-state index in [-0.39, 0.29) is 22.7 Å². The maximum atomic E-state index is 12.5. The summed E-state index contributed by atoms with van der Waals surface area (Å²) in [6, 6.07) is 6.60. The Morgan fingerprint density at radius 2 is 1.78 bits per heavy atom. The van der Waals surface area contributed by atoms with Crippen molar-refractivity contribution >= 4 is 17.7 Å². The second-order valence-electron chi connectivity index (χ2n) is 4.74. The molecule has 118 valence electrons. The molecular formula is C16H12O7. The summed E-state index contributed by atoms with van der Waals surface area (Å²) in [5, 5.41) is 0. The third kappa shape index (κ3) is 2.26. The summed E-state index contributed by atoms with van der Waals surface area (Å²) in [6.45, 7) is 0. The van der Waals surface area contributed by atoms with Crippen molar-refractivity contribution in [2.24, 2.45) is 0 Å². The number of hydrogen-bond acceptors (Lipinski definition) is 7. The first kappa shape index (κ1) is 14.8. The molecule has 7 heteroatoms. The predicted molar refractivity (Wildman–Crippen MR) is 75.4 cm³/mol. The molecule has 1 atom stereocenters. The molecule has 2 heterocycles. The van der Waals surface area contributed by atoms with Gasteiger partial charge >= 0.3 is 11.9 Å². The second-order valence-corrected chi connectivity index (χ2v) is 4.74. The lowest BCUT2D eigenvalue weighted by molar-refractivity contribution is -0.142. The van der Waals surface area contributed by atoms with Crippen molar-refractivity contribution in [1.82, 2.24) is 0 Å². The van der Waals surface area contributed by atoms with Crippen molar-refractivity contribution in [3.8, 4) is 5.75 Å². The van der Waals surface area contributed by atoms with E-state index in [0.717, 1.165) is 20.5 Å². The SMILES string of the molecule is COC(=O)C1=C(C(=O)OC)C2Oc3ccccc3C(=O)C2=CO1. The minimum atomic E-state index is -1.09. The molecule has 23 heavy (non-hydrogen) atoms. The molecule has 1 aromatic carbocycles. The molecule has 0 amide bonds. The molecule has 0 aromatic heterocycles. The Hall–Kier alpha value is -3.09. The minimum absolute atomic E-state index is 0.108. The number of para-hydroxylation sites is 1. The maximum Gasteiger partial charge on any atom is 0.374 e. The molecule has 0 bridgehead atoms. The molecule has 0 spiro atoms. The fourth-order valence-corrected chi connectivity index (χ4v) is 2.42. The number of methoxy groups -OCH3 is 2. The lowest BCUT2D eigenvalue weighted by Crippen LogP contribution is -2.39. The number of Topliss-reactive ketones (excluding diaryl/α,β-unsaturated/α-hetero) is 1. The average molecular weight is 316 g/mol. The van der Waals surface area contributed by atoms with Gasteiger partial charge in [-0.2, -0.15) is 0 Å². The van der Waals surface area contributed by atoms with E-state index in [2.05, 4.69) is 9.47 Å². The van der Waals surface area contributed by atoms with Crippen molar-refractivity contribution in [1.29, 1.82) is 0 Å². The fraction of sp³-hybridized carbons (Fsp3) is 0.188. The molecule has 7 nitrogen and oxygen atoms in total. The first-order valence-electron chi connectivity index (χ1n) is 6.66. The third-order valence-corrected chi connectivity index (χ3v) is 3.51. The van der Waals surface area contributed by atoms with Crippen molar-refractivity contribution in [3.63, 3.8) is 0 Å². The van der Waals surface area contributed by atoms with E-state index < -0.39 is 18.0 Å². The molecule has 0 aliphatic carbocycles. The van der Waals surface area contributed by atoms with E-state index in [4.69, 9.17) is 9.47 Å². The number of benzene rings is 1. The van der Waals surface area contributed by atoms with Gasteiger partial charge in [0, 0.05) is 0 Å². The van der Waals surface area contributed by atoms with E-state index in [1.54, 1.807) is 24.3 Å². The van der Waals surface area contributed by atoms with E-state index in [1.165, 1.54) is 0 Å². The van der Waals surface area contributed by atoms with Gasteiger partial charge in [-0.05, 0) is 12.1 Å². The van der Waals surface area contributed by atoms with Crippen LogP contribution in [0.2, 0.25) is 0 Å². The van der Waals surface area contributed by atoms with Gasteiger partial charge in [-0.3, -0.25) is 4.79 Å². The summed E-state index contributed by atoms with van der Waals surface area (Å²) < 4.78 is 20.2. The summed E-state index contributed by atoms with van der Waals surface area (Å²) in [4.78, 5) is 36.4. The van der Waals surface area contributed by atoms with E-state index >= 15 is 0 Å².